The summed E-state index contributed by atoms with van der Waals surface area (Å²) in [5, 5.41) is 2.92. The summed E-state index contributed by atoms with van der Waals surface area (Å²) in [6.45, 7) is 4.59. The molecule has 1 aromatic rings. The zero-order valence-corrected chi connectivity index (χ0v) is 13.8. The van der Waals surface area contributed by atoms with E-state index in [1.165, 1.54) is 0 Å². The molecule has 0 fully saturated rings. The first-order valence-corrected chi connectivity index (χ1v) is 7.52. The molecule has 0 spiro atoms. The van der Waals surface area contributed by atoms with E-state index in [4.69, 9.17) is 5.73 Å². The van der Waals surface area contributed by atoms with Crippen LogP contribution in [0.4, 0.5) is 5.69 Å². The monoisotopic (exact) mass is 376 g/mol. The van der Waals surface area contributed by atoms with E-state index in [0.717, 1.165) is 26.6 Å². The normalized spacial score (nSPS) is 12.3. The lowest BCUT2D eigenvalue weighted by molar-refractivity contribution is -0.117. The summed E-state index contributed by atoms with van der Waals surface area (Å²) < 4.78 is 1.76. The first-order valence-electron chi connectivity index (χ1n) is 5.93. The van der Waals surface area contributed by atoms with Crippen LogP contribution in [0, 0.1) is 12.8 Å². The van der Waals surface area contributed by atoms with Gasteiger partial charge in [-0.15, -0.1) is 0 Å². The van der Waals surface area contributed by atoms with Crippen molar-refractivity contribution in [2.45, 2.75) is 26.7 Å². The number of hydrogen-bond acceptors (Lipinski definition) is 2. The van der Waals surface area contributed by atoms with Gasteiger partial charge >= 0.3 is 0 Å². The van der Waals surface area contributed by atoms with E-state index in [0.29, 0.717) is 13.0 Å². The molecule has 1 unspecified atom stereocenters. The standard InChI is InChI=1S/C13H18Br2N2O/c1-3-9(7-16)6-12(18)17-13-10(14)4-8(2)5-11(13)15/h4-5,9H,3,6-7,16H2,1-2H3,(H,17,18). The number of carbonyl (C=O) groups excluding carboxylic acids is 1. The number of nitrogens with one attached hydrogen (secondary N) is 1. The highest BCUT2D eigenvalue weighted by atomic mass is 79.9. The van der Waals surface area contributed by atoms with Crippen molar-refractivity contribution in [2.24, 2.45) is 11.7 Å². The number of aryl methyl sites for hydroxylation is 1. The quantitative estimate of drug-likeness (QED) is 0.819. The molecule has 1 amide bonds. The van der Waals surface area contributed by atoms with Gasteiger partial charge in [0.15, 0.2) is 0 Å². The van der Waals surface area contributed by atoms with Crippen molar-refractivity contribution in [3.63, 3.8) is 0 Å². The topological polar surface area (TPSA) is 55.1 Å². The summed E-state index contributed by atoms with van der Waals surface area (Å²) in [6, 6.07) is 3.95. The number of benzene rings is 1. The van der Waals surface area contributed by atoms with Gasteiger partial charge in [-0.05, 0) is 68.9 Å². The maximum absolute atomic E-state index is 11.9. The van der Waals surface area contributed by atoms with Gasteiger partial charge in [0.2, 0.25) is 5.91 Å². The van der Waals surface area contributed by atoms with Crippen LogP contribution in [0.25, 0.3) is 0 Å². The summed E-state index contributed by atoms with van der Waals surface area (Å²) in [4.78, 5) is 11.9. The fraction of sp³-hybridized carbons (Fsp3) is 0.462. The van der Waals surface area contributed by atoms with Gasteiger partial charge in [-0.2, -0.15) is 0 Å². The van der Waals surface area contributed by atoms with Crippen LogP contribution in [0.15, 0.2) is 21.1 Å². The average molecular weight is 378 g/mol. The summed E-state index contributed by atoms with van der Waals surface area (Å²) in [6.07, 6.45) is 1.37. The number of rotatable bonds is 5. The highest BCUT2D eigenvalue weighted by molar-refractivity contribution is 9.11. The van der Waals surface area contributed by atoms with E-state index in [1.54, 1.807) is 0 Å². The highest BCUT2D eigenvalue weighted by Gasteiger charge is 2.13. The third kappa shape index (κ3) is 4.37. The number of halogens is 2. The van der Waals surface area contributed by atoms with Crippen molar-refractivity contribution in [1.82, 2.24) is 0 Å². The van der Waals surface area contributed by atoms with Crippen LogP contribution in [0.1, 0.15) is 25.3 Å². The molecule has 1 aromatic carbocycles. The Bertz CT molecular complexity index is 408. The summed E-state index contributed by atoms with van der Waals surface area (Å²) >= 11 is 6.91. The number of carbonyl (C=O) groups is 1. The van der Waals surface area contributed by atoms with Gasteiger partial charge in [0.05, 0.1) is 5.69 Å². The Balaban J connectivity index is 2.76. The molecule has 0 saturated carbocycles. The first-order chi connectivity index (χ1) is 8.47. The fourth-order valence-electron chi connectivity index (χ4n) is 1.67. The van der Waals surface area contributed by atoms with Crippen molar-refractivity contribution in [3.05, 3.63) is 26.6 Å². The molecule has 100 valence electrons. The molecular weight excluding hydrogens is 360 g/mol. The first kappa shape index (κ1) is 15.7. The Morgan fingerprint density at radius 3 is 2.39 bits per heavy atom. The van der Waals surface area contributed by atoms with Crippen molar-refractivity contribution in [2.75, 3.05) is 11.9 Å². The summed E-state index contributed by atoms with van der Waals surface area (Å²) in [5.74, 6) is 0.241. The van der Waals surface area contributed by atoms with Gasteiger partial charge in [-0.1, -0.05) is 13.3 Å². The predicted octanol–water partition coefficient (Wildman–Crippen LogP) is 3.83. The highest BCUT2D eigenvalue weighted by Crippen LogP contribution is 2.32. The molecular formula is C13H18Br2N2O. The maximum atomic E-state index is 11.9. The fourth-order valence-corrected chi connectivity index (χ4v) is 3.28. The largest absolute Gasteiger partial charge is 0.330 e. The van der Waals surface area contributed by atoms with Gasteiger partial charge in [0.25, 0.3) is 0 Å². The lowest BCUT2D eigenvalue weighted by atomic mass is 10.0. The molecule has 3 nitrogen and oxygen atoms in total. The molecule has 0 bridgehead atoms. The van der Waals surface area contributed by atoms with Gasteiger partial charge in [-0.3, -0.25) is 4.79 Å². The van der Waals surface area contributed by atoms with Crippen LogP contribution >= 0.6 is 31.9 Å². The third-order valence-corrected chi connectivity index (χ3v) is 4.09. The van der Waals surface area contributed by atoms with Crippen LogP contribution in [-0.4, -0.2) is 12.5 Å². The number of nitrogens with two attached hydrogens (primary N) is 1. The zero-order valence-electron chi connectivity index (χ0n) is 10.6. The molecule has 0 aliphatic heterocycles. The minimum absolute atomic E-state index is 0.00227. The van der Waals surface area contributed by atoms with E-state index in [-0.39, 0.29) is 11.8 Å². The molecule has 0 heterocycles. The molecule has 0 aliphatic rings. The number of amides is 1. The van der Waals surface area contributed by atoms with Crippen LogP contribution in [0.2, 0.25) is 0 Å². The Labute approximate surface area is 125 Å². The van der Waals surface area contributed by atoms with E-state index >= 15 is 0 Å². The Hall–Kier alpha value is -0.390. The van der Waals surface area contributed by atoms with Gasteiger partial charge < -0.3 is 11.1 Å². The summed E-state index contributed by atoms with van der Waals surface area (Å²) in [7, 11) is 0. The smallest absolute Gasteiger partial charge is 0.224 e. The van der Waals surface area contributed by atoms with Crippen LogP contribution in [0.5, 0.6) is 0 Å². The second-order valence-electron chi connectivity index (χ2n) is 4.37. The Kier molecular flexibility index (Phi) is 6.32. The van der Waals surface area contributed by atoms with E-state index in [2.05, 4.69) is 37.2 Å². The van der Waals surface area contributed by atoms with E-state index < -0.39 is 0 Å². The minimum atomic E-state index is -0.00227. The lowest BCUT2D eigenvalue weighted by Crippen LogP contribution is -2.22. The second kappa shape index (κ2) is 7.26. The molecule has 0 saturated heterocycles. The van der Waals surface area contributed by atoms with Crippen molar-refractivity contribution in [1.29, 1.82) is 0 Å². The molecule has 18 heavy (non-hydrogen) atoms. The number of hydrogen-bond donors (Lipinski definition) is 2. The zero-order chi connectivity index (χ0) is 13.7. The molecule has 0 aromatic heterocycles. The molecule has 3 N–H and O–H groups in total. The van der Waals surface area contributed by atoms with Crippen LogP contribution in [0.3, 0.4) is 0 Å². The van der Waals surface area contributed by atoms with Crippen molar-refractivity contribution in [3.8, 4) is 0 Å². The number of anilines is 1. The molecule has 1 atom stereocenters. The molecule has 0 aliphatic carbocycles. The average Bonchev–Trinajstić information content (AvgIpc) is 2.30. The van der Waals surface area contributed by atoms with Gasteiger partial charge in [0, 0.05) is 15.4 Å². The SMILES string of the molecule is CCC(CN)CC(=O)Nc1c(Br)cc(C)cc1Br. The second-order valence-corrected chi connectivity index (χ2v) is 6.07. The Morgan fingerprint density at radius 2 is 1.94 bits per heavy atom. The minimum Gasteiger partial charge on any atom is -0.330 e. The van der Waals surface area contributed by atoms with Crippen LogP contribution < -0.4 is 11.1 Å². The maximum Gasteiger partial charge on any atom is 0.224 e. The summed E-state index contributed by atoms with van der Waals surface area (Å²) in [5.41, 5.74) is 7.51. The van der Waals surface area contributed by atoms with Crippen molar-refractivity contribution >= 4 is 43.5 Å². The predicted molar refractivity (Wildman–Crippen MR) is 82.7 cm³/mol. The molecule has 5 heteroatoms. The van der Waals surface area contributed by atoms with E-state index in [9.17, 15) is 4.79 Å². The third-order valence-electron chi connectivity index (χ3n) is 2.84. The van der Waals surface area contributed by atoms with E-state index in [1.807, 2.05) is 26.0 Å². The van der Waals surface area contributed by atoms with Gasteiger partial charge in [0.1, 0.15) is 0 Å². The van der Waals surface area contributed by atoms with Gasteiger partial charge in [-0.25, -0.2) is 0 Å². The lowest BCUT2D eigenvalue weighted by Gasteiger charge is -2.14. The van der Waals surface area contributed by atoms with Crippen LogP contribution in [-0.2, 0) is 4.79 Å². The van der Waals surface area contributed by atoms with Crippen molar-refractivity contribution < 1.29 is 4.79 Å². The molecule has 0 radical (unpaired) electrons. The molecule has 1 rings (SSSR count). The Morgan fingerprint density at radius 1 is 1.39 bits per heavy atom.